The first-order chi connectivity index (χ1) is 8.81. The highest BCUT2D eigenvalue weighted by molar-refractivity contribution is 5.38. The second-order valence-electron chi connectivity index (χ2n) is 4.50. The molecule has 0 nitrogen and oxygen atoms in total. The van der Waals surface area contributed by atoms with E-state index in [2.05, 4.69) is 87.0 Å². The van der Waals surface area contributed by atoms with Crippen molar-refractivity contribution in [2.75, 3.05) is 0 Å². The van der Waals surface area contributed by atoms with Crippen molar-refractivity contribution in [3.8, 4) is 0 Å². The smallest absolute Gasteiger partial charge is 0.0120 e. The molecule has 0 aliphatic rings. The van der Waals surface area contributed by atoms with Crippen molar-refractivity contribution in [1.82, 2.24) is 0 Å². The Kier molecular flexibility index (Phi) is 4.35. The highest BCUT2D eigenvalue weighted by Gasteiger charge is 2.13. The molecule has 1 unspecified atom stereocenters. The normalized spacial score (nSPS) is 13.3. The zero-order valence-electron chi connectivity index (χ0n) is 11.0. The van der Waals surface area contributed by atoms with E-state index in [1.165, 1.54) is 16.7 Å². The van der Waals surface area contributed by atoms with Crippen molar-refractivity contribution in [1.29, 1.82) is 0 Å². The summed E-state index contributed by atoms with van der Waals surface area (Å²) in [5, 5.41) is 0. The van der Waals surface area contributed by atoms with Gasteiger partial charge in [-0.25, -0.2) is 0 Å². The Bertz CT molecular complexity index is 494. The second-order valence-corrected chi connectivity index (χ2v) is 4.50. The van der Waals surface area contributed by atoms with E-state index in [4.69, 9.17) is 0 Å². The number of hydrogen-bond acceptors (Lipinski definition) is 0. The van der Waals surface area contributed by atoms with Crippen LogP contribution < -0.4 is 0 Å². The van der Waals surface area contributed by atoms with Crippen molar-refractivity contribution >= 4 is 0 Å². The zero-order chi connectivity index (χ0) is 12.8. The Hall–Kier alpha value is -1.82. The van der Waals surface area contributed by atoms with Crippen LogP contribution in [0.25, 0.3) is 0 Å². The molecule has 0 heteroatoms. The van der Waals surface area contributed by atoms with Gasteiger partial charge < -0.3 is 0 Å². The lowest BCUT2D eigenvalue weighted by atomic mass is 9.86. The van der Waals surface area contributed by atoms with Gasteiger partial charge >= 0.3 is 0 Å². The molecule has 0 aliphatic heterocycles. The standard InChI is InChI=1S/C18H19/c1-3-15(2)18(17-12-8-5-9-13-17)14-16-10-6-4-7-11-16/h3-14,18H,1-2H3. The van der Waals surface area contributed by atoms with Crippen molar-refractivity contribution in [2.45, 2.75) is 19.8 Å². The maximum Gasteiger partial charge on any atom is 0.0120 e. The van der Waals surface area contributed by atoms with Gasteiger partial charge in [0.25, 0.3) is 0 Å². The predicted molar refractivity (Wildman–Crippen MR) is 78.5 cm³/mol. The molecule has 0 saturated carbocycles. The Morgan fingerprint density at radius 1 is 0.889 bits per heavy atom. The van der Waals surface area contributed by atoms with Gasteiger partial charge in [-0.3, -0.25) is 0 Å². The Morgan fingerprint density at radius 3 is 2.00 bits per heavy atom. The van der Waals surface area contributed by atoms with Gasteiger partial charge in [-0.15, -0.1) is 0 Å². The van der Waals surface area contributed by atoms with E-state index in [-0.39, 0.29) is 0 Å². The monoisotopic (exact) mass is 235 g/mol. The van der Waals surface area contributed by atoms with Crippen LogP contribution in [0.1, 0.15) is 30.9 Å². The highest BCUT2D eigenvalue weighted by atomic mass is 14.2. The number of hydrogen-bond donors (Lipinski definition) is 0. The zero-order valence-corrected chi connectivity index (χ0v) is 11.0. The molecular weight excluding hydrogens is 216 g/mol. The molecule has 91 valence electrons. The molecule has 0 saturated heterocycles. The average Bonchev–Trinajstić information content (AvgIpc) is 2.46. The Morgan fingerprint density at radius 2 is 1.44 bits per heavy atom. The quantitative estimate of drug-likeness (QED) is 0.655. The van der Waals surface area contributed by atoms with Crippen LogP contribution in [0.5, 0.6) is 0 Å². The van der Waals surface area contributed by atoms with E-state index < -0.39 is 0 Å². The van der Waals surface area contributed by atoms with Gasteiger partial charge in [-0.2, -0.15) is 0 Å². The van der Waals surface area contributed by atoms with Crippen LogP contribution in [0.2, 0.25) is 0 Å². The summed E-state index contributed by atoms with van der Waals surface area (Å²) in [6.45, 7) is 4.29. The number of allylic oxidation sites excluding steroid dienone is 2. The molecule has 0 N–H and O–H groups in total. The summed E-state index contributed by atoms with van der Waals surface area (Å²) in [7, 11) is 0. The second kappa shape index (κ2) is 6.20. The van der Waals surface area contributed by atoms with Gasteiger partial charge in [0.05, 0.1) is 0 Å². The van der Waals surface area contributed by atoms with Crippen molar-refractivity contribution in [2.24, 2.45) is 0 Å². The molecule has 2 aromatic rings. The summed E-state index contributed by atoms with van der Waals surface area (Å²) in [6, 6.07) is 21.2. The Balaban J connectivity index is 2.27. The molecule has 0 heterocycles. The number of benzene rings is 2. The van der Waals surface area contributed by atoms with Gasteiger partial charge in [-0.05, 0) is 25.0 Å². The lowest BCUT2D eigenvalue weighted by Gasteiger charge is -2.18. The highest BCUT2D eigenvalue weighted by Crippen LogP contribution is 2.29. The molecule has 0 aromatic heterocycles. The van der Waals surface area contributed by atoms with E-state index >= 15 is 0 Å². The van der Waals surface area contributed by atoms with Gasteiger partial charge in [-0.1, -0.05) is 72.3 Å². The minimum Gasteiger partial charge on any atom is -0.0881 e. The van der Waals surface area contributed by atoms with Crippen LogP contribution >= 0.6 is 0 Å². The van der Waals surface area contributed by atoms with Crippen molar-refractivity contribution < 1.29 is 0 Å². The van der Waals surface area contributed by atoms with Crippen LogP contribution in [0, 0.1) is 6.42 Å². The maximum absolute atomic E-state index is 2.32. The maximum atomic E-state index is 2.32. The molecule has 0 aliphatic carbocycles. The molecular formula is C18H19. The minimum absolute atomic E-state index is 0.360. The van der Waals surface area contributed by atoms with Crippen LogP contribution in [0.15, 0.2) is 72.3 Å². The van der Waals surface area contributed by atoms with Crippen LogP contribution in [-0.2, 0) is 0 Å². The fourth-order valence-corrected chi connectivity index (χ4v) is 2.09. The van der Waals surface area contributed by atoms with E-state index in [0.717, 1.165) is 0 Å². The summed E-state index contributed by atoms with van der Waals surface area (Å²) in [5.41, 5.74) is 3.99. The number of rotatable bonds is 4. The molecule has 18 heavy (non-hydrogen) atoms. The lowest BCUT2D eigenvalue weighted by molar-refractivity contribution is 0.925. The van der Waals surface area contributed by atoms with Crippen molar-refractivity contribution in [3.05, 3.63) is 89.9 Å². The van der Waals surface area contributed by atoms with Crippen LogP contribution in [-0.4, -0.2) is 0 Å². The summed E-state index contributed by atoms with van der Waals surface area (Å²) < 4.78 is 0. The first-order valence-corrected chi connectivity index (χ1v) is 6.39. The third-order valence-corrected chi connectivity index (χ3v) is 3.26. The van der Waals surface area contributed by atoms with Gasteiger partial charge in [0.2, 0.25) is 0 Å². The predicted octanol–water partition coefficient (Wildman–Crippen LogP) is 4.99. The van der Waals surface area contributed by atoms with Gasteiger partial charge in [0.15, 0.2) is 0 Å². The fourth-order valence-electron chi connectivity index (χ4n) is 2.09. The SMILES string of the molecule is CC=C(C)C([CH]c1ccccc1)c1ccccc1. The average molecular weight is 235 g/mol. The summed E-state index contributed by atoms with van der Waals surface area (Å²) >= 11 is 0. The topological polar surface area (TPSA) is 0 Å². The first kappa shape index (κ1) is 12.6. The van der Waals surface area contributed by atoms with Gasteiger partial charge in [0.1, 0.15) is 0 Å². The lowest BCUT2D eigenvalue weighted by Crippen LogP contribution is -2.02. The largest absolute Gasteiger partial charge is 0.0881 e. The summed E-state index contributed by atoms with van der Waals surface area (Å²) in [6.07, 6.45) is 4.52. The van der Waals surface area contributed by atoms with Crippen LogP contribution in [0.3, 0.4) is 0 Å². The molecule has 2 aromatic carbocycles. The molecule has 0 fully saturated rings. The molecule has 1 atom stereocenters. The molecule has 0 spiro atoms. The molecule has 0 amide bonds. The summed E-state index contributed by atoms with van der Waals surface area (Å²) in [4.78, 5) is 0. The first-order valence-electron chi connectivity index (χ1n) is 6.39. The van der Waals surface area contributed by atoms with E-state index in [1.54, 1.807) is 0 Å². The third-order valence-electron chi connectivity index (χ3n) is 3.26. The molecule has 0 bridgehead atoms. The van der Waals surface area contributed by atoms with Crippen LogP contribution in [0.4, 0.5) is 0 Å². The van der Waals surface area contributed by atoms with E-state index in [0.29, 0.717) is 5.92 Å². The van der Waals surface area contributed by atoms with Gasteiger partial charge in [0, 0.05) is 12.3 Å². The third kappa shape index (κ3) is 3.10. The fraction of sp³-hybridized carbons (Fsp3) is 0.167. The summed E-state index contributed by atoms with van der Waals surface area (Å²) in [5.74, 6) is 0.360. The molecule has 1 radical (unpaired) electrons. The van der Waals surface area contributed by atoms with E-state index in [9.17, 15) is 0 Å². The molecule has 2 rings (SSSR count). The van der Waals surface area contributed by atoms with Crippen molar-refractivity contribution in [3.63, 3.8) is 0 Å². The Labute approximate surface area is 110 Å². The van der Waals surface area contributed by atoms with E-state index in [1.807, 2.05) is 0 Å². The minimum atomic E-state index is 0.360.